The number of hydrogen-bond donors (Lipinski definition) is 3. The minimum Gasteiger partial charge on any atom is -0.390 e. The smallest absolute Gasteiger partial charge is 0.330 e. The lowest BCUT2D eigenvalue weighted by atomic mass is 10.2. The van der Waals surface area contributed by atoms with Gasteiger partial charge in [-0.3, -0.25) is 19.1 Å². The van der Waals surface area contributed by atoms with Gasteiger partial charge in [-0.05, 0) is 6.92 Å². The van der Waals surface area contributed by atoms with Crippen LogP contribution in [0.1, 0.15) is 18.2 Å². The van der Waals surface area contributed by atoms with Crippen LogP contribution in [0.15, 0.2) is 15.8 Å². The van der Waals surface area contributed by atoms with Gasteiger partial charge in [0.15, 0.2) is 6.10 Å². The van der Waals surface area contributed by atoms with Gasteiger partial charge in [0.1, 0.15) is 6.23 Å². The van der Waals surface area contributed by atoms with E-state index >= 15 is 0 Å². The van der Waals surface area contributed by atoms with E-state index in [0.29, 0.717) is 5.56 Å². The molecule has 8 nitrogen and oxygen atoms in total. The van der Waals surface area contributed by atoms with Gasteiger partial charge < -0.3 is 15.6 Å². The average Bonchev–Trinajstić information content (AvgIpc) is 2.65. The van der Waals surface area contributed by atoms with Crippen molar-refractivity contribution >= 4 is 5.91 Å². The van der Waals surface area contributed by atoms with Crippen LogP contribution in [0.5, 0.6) is 0 Å². The highest BCUT2D eigenvalue weighted by Gasteiger charge is 2.38. The van der Waals surface area contributed by atoms with Gasteiger partial charge >= 0.3 is 5.69 Å². The SMILES string of the molecule is Cc1cn([C@H]2C[C@H](O)[C@@H](C(N)=O)O2)c(=O)[nH]c1=O. The van der Waals surface area contributed by atoms with Crippen LogP contribution in [0.2, 0.25) is 0 Å². The van der Waals surface area contributed by atoms with Crippen molar-refractivity contribution in [1.82, 2.24) is 9.55 Å². The molecular weight excluding hydrogens is 242 g/mol. The highest BCUT2D eigenvalue weighted by Crippen LogP contribution is 2.27. The fraction of sp³-hybridized carbons (Fsp3) is 0.500. The molecule has 1 aromatic rings. The number of nitrogens with one attached hydrogen (secondary N) is 1. The summed E-state index contributed by atoms with van der Waals surface area (Å²) in [5, 5.41) is 9.59. The first-order chi connectivity index (χ1) is 8.40. The summed E-state index contributed by atoms with van der Waals surface area (Å²) in [7, 11) is 0. The quantitative estimate of drug-likeness (QED) is 0.562. The van der Waals surface area contributed by atoms with Gasteiger partial charge in [-0.15, -0.1) is 0 Å². The van der Waals surface area contributed by atoms with E-state index in [9.17, 15) is 19.5 Å². The number of aromatic amines is 1. The summed E-state index contributed by atoms with van der Waals surface area (Å²) in [6, 6.07) is 0. The number of aromatic nitrogens is 2. The Morgan fingerprint density at radius 1 is 1.61 bits per heavy atom. The van der Waals surface area contributed by atoms with Gasteiger partial charge in [0, 0.05) is 18.2 Å². The number of hydrogen-bond acceptors (Lipinski definition) is 5. The van der Waals surface area contributed by atoms with Gasteiger partial charge in [-0.25, -0.2) is 4.79 Å². The Hall–Kier alpha value is -1.93. The number of aryl methyl sites for hydroxylation is 1. The van der Waals surface area contributed by atoms with E-state index < -0.39 is 35.6 Å². The van der Waals surface area contributed by atoms with Crippen LogP contribution in [0, 0.1) is 6.92 Å². The maximum absolute atomic E-state index is 11.6. The van der Waals surface area contributed by atoms with Gasteiger partial charge in [0.2, 0.25) is 5.91 Å². The first-order valence-electron chi connectivity index (χ1n) is 5.35. The molecule has 0 saturated carbocycles. The van der Waals surface area contributed by atoms with Crippen molar-refractivity contribution in [2.75, 3.05) is 0 Å². The molecule has 3 atom stereocenters. The number of ether oxygens (including phenoxy) is 1. The summed E-state index contributed by atoms with van der Waals surface area (Å²) in [6.07, 6.45) is -1.65. The van der Waals surface area contributed by atoms with Crippen LogP contribution in [0.4, 0.5) is 0 Å². The van der Waals surface area contributed by atoms with E-state index in [2.05, 4.69) is 4.98 Å². The van der Waals surface area contributed by atoms with Crippen LogP contribution >= 0.6 is 0 Å². The fourth-order valence-corrected chi connectivity index (χ4v) is 1.88. The highest BCUT2D eigenvalue weighted by atomic mass is 16.5. The topological polar surface area (TPSA) is 127 Å². The van der Waals surface area contributed by atoms with E-state index in [1.54, 1.807) is 0 Å². The summed E-state index contributed by atoms with van der Waals surface area (Å²) >= 11 is 0. The molecular formula is C10H13N3O5. The Kier molecular flexibility index (Phi) is 3.05. The molecule has 1 fully saturated rings. The van der Waals surface area contributed by atoms with Crippen molar-refractivity contribution in [1.29, 1.82) is 0 Å². The molecule has 0 aliphatic carbocycles. The lowest BCUT2D eigenvalue weighted by molar-refractivity contribution is -0.134. The Balaban J connectivity index is 2.35. The number of aliphatic hydroxyl groups excluding tert-OH is 1. The lowest BCUT2D eigenvalue weighted by Gasteiger charge is -2.14. The van der Waals surface area contributed by atoms with Crippen LogP contribution in [0.3, 0.4) is 0 Å². The first kappa shape index (κ1) is 12.5. The number of nitrogens with two attached hydrogens (primary N) is 1. The van der Waals surface area contributed by atoms with Gasteiger partial charge in [0.25, 0.3) is 5.56 Å². The minimum absolute atomic E-state index is 0.0546. The molecule has 0 aromatic carbocycles. The zero-order valence-corrected chi connectivity index (χ0v) is 9.62. The molecule has 2 rings (SSSR count). The third-order valence-electron chi connectivity index (χ3n) is 2.83. The molecule has 0 bridgehead atoms. The molecule has 8 heteroatoms. The number of primary amides is 1. The number of aliphatic hydroxyl groups is 1. The molecule has 1 amide bonds. The van der Waals surface area contributed by atoms with Crippen LogP contribution < -0.4 is 17.0 Å². The monoisotopic (exact) mass is 255 g/mol. The van der Waals surface area contributed by atoms with Crippen molar-refractivity contribution in [3.8, 4) is 0 Å². The third kappa shape index (κ3) is 2.07. The van der Waals surface area contributed by atoms with Crippen molar-refractivity contribution in [3.05, 3.63) is 32.6 Å². The zero-order chi connectivity index (χ0) is 13.4. The Morgan fingerprint density at radius 3 is 2.83 bits per heavy atom. The minimum atomic E-state index is -1.14. The molecule has 98 valence electrons. The molecule has 0 spiro atoms. The second kappa shape index (κ2) is 4.39. The lowest BCUT2D eigenvalue weighted by Crippen LogP contribution is -2.36. The first-order valence-corrected chi connectivity index (χ1v) is 5.35. The number of carbonyl (C=O) groups is 1. The average molecular weight is 255 g/mol. The predicted molar refractivity (Wildman–Crippen MR) is 59.8 cm³/mol. The number of carbonyl (C=O) groups excluding carboxylic acids is 1. The van der Waals surface area contributed by atoms with Gasteiger partial charge in [-0.2, -0.15) is 0 Å². The number of nitrogens with zero attached hydrogens (tertiary/aromatic N) is 1. The molecule has 1 aliphatic heterocycles. The summed E-state index contributed by atoms with van der Waals surface area (Å²) in [5.41, 5.74) is 4.24. The summed E-state index contributed by atoms with van der Waals surface area (Å²) in [4.78, 5) is 35.9. The van der Waals surface area contributed by atoms with Crippen molar-refractivity contribution in [2.45, 2.75) is 31.8 Å². The molecule has 0 radical (unpaired) electrons. The largest absolute Gasteiger partial charge is 0.390 e. The van der Waals surface area contributed by atoms with Crippen molar-refractivity contribution < 1.29 is 14.6 Å². The Bertz CT molecular complexity index is 590. The zero-order valence-electron chi connectivity index (χ0n) is 9.62. The maximum Gasteiger partial charge on any atom is 0.330 e. The Morgan fingerprint density at radius 2 is 2.28 bits per heavy atom. The standard InChI is InChI=1S/C10H13N3O5/c1-4-3-13(10(17)12-9(4)16)6-2-5(14)7(18-6)8(11)15/h3,5-7,14H,2H2,1H3,(H2,11,15)(H,12,16,17)/t5-,6+,7-/m0/s1. The fourth-order valence-electron chi connectivity index (χ4n) is 1.88. The molecule has 1 aliphatic rings. The third-order valence-corrected chi connectivity index (χ3v) is 2.83. The molecule has 0 unspecified atom stereocenters. The maximum atomic E-state index is 11.6. The van der Waals surface area contributed by atoms with Crippen molar-refractivity contribution in [3.63, 3.8) is 0 Å². The summed E-state index contributed by atoms with van der Waals surface area (Å²) in [5.74, 6) is -0.792. The number of rotatable bonds is 2. The van der Waals surface area contributed by atoms with Gasteiger partial charge in [-0.1, -0.05) is 0 Å². The Labute approximate surface area is 101 Å². The normalized spacial score (nSPS) is 27.3. The second-order valence-electron chi connectivity index (χ2n) is 4.20. The van der Waals surface area contributed by atoms with E-state index in [1.165, 1.54) is 13.1 Å². The second-order valence-corrected chi connectivity index (χ2v) is 4.20. The summed E-state index contributed by atoms with van der Waals surface area (Å²) < 4.78 is 6.34. The van der Waals surface area contributed by atoms with E-state index in [0.717, 1.165) is 4.57 Å². The summed E-state index contributed by atoms with van der Waals surface area (Å²) in [6.45, 7) is 1.53. The molecule has 1 aromatic heterocycles. The predicted octanol–water partition coefficient (Wildman–Crippen LogP) is -2.02. The van der Waals surface area contributed by atoms with Crippen LogP contribution in [-0.4, -0.2) is 32.8 Å². The van der Waals surface area contributed by atoms with Gasteiger partial charge in [0.05, 0.1) is 6.10 Å². The van der Waals surface area contributed by atoms with Crippen molar-refractivity contribution in [2.24, 2.45) is 5.73 Å². The molecule has 4 N–H and O–H groups in total. The van der Waals surface area contributed by atoms with E-state index in [-0.39, 0.29) is 6.42 Å². The molecule has 2 heterocycles. The van der Waals surface area contributed by atoms with E-state index in [4.69, 9.17) is 10.5 Å². The van der Waals surface area contributed by atoms with Crippen LogP contribution in [-0.2, 0) is 9.53 Å². The van der Waals surface area contributed by atoms with E-state index in [1.807, 2.05) is 0 Å². The molecule has 1 saturated heterocycles. The highest BCUT2D eigenvalue weighted by molar-refractivity contribution is 5.79. The number of amides is 1. The molecule has 18 heavy (non-hydrogen) atoms. The number of H-pyrrole nitrogens is 1. The van der Waals surface area contributed by atoms with Crippen LogP contribution in [0.25, 0.3) is 0 Å².